The molecular formula is C20H21N5O2. The molecule has 7 nitrogen and oxygen atoms in total. The lowest BCUT2D eigenvalue weighted by Gasteiger charge is -2.32. The van der Waals surface area contributed by atoms with Crippen LogP contribution >= 0.6 is 0 Å². The first-order chi connectivity index (χ1) is 13.2. The standard InChI is InChI=1S/C20H21N5O2/c1-14-6-2-5-9-18(14)27-15-10-12-25(13-11-15)20(26)17-8-4-3-7-16(17)19-21-23-24-22-19/h2-9,15H,10-13H2,1H3,(H,21,22,23,24). The van der Waals surface area contributed by atoms with Crippen molar-refractivity contribution in [2.24, 2.45) is 0 Å². The fraction of sp³-hybridized carbons (Fsp3) is 0.300. The van der Waals surface area contributed by atoms with Crippen molar-refractivity contribution in [3.05, 3.63) is 59.7 Å². The van der Waals surface area contributed by atoms with Crippen LogP contribution in [0.3, 0.4) is 0 Å². The normalized spacial score (nSPS) is 14.9. The molecule has 0 radical (unpaired) electrons. The smallest absolute Gasteiger partial charge is 0.254 e. The van der Waals surface area contributed by atoms with Crippen molar-refractivity contribution in [2.45, 2.75) is 25.9 Å². The molecule has 2 heterocycles. The molecule has 1 N–H and O–H groups in total. The number of aromatic amines is 1. The van der Waals surface area contributed by atoms with E-state index in [1.807, 2.05) is 60.4 Å². The molecule has 2 aromatic carbocycles. The number of aromatic nitrogens is 4. The number of tetrazole rings is 1. The Hall–Kier alpha value is -3.22. The molecule has 0 aliphatic carbocycles. The van der Waals surface area contributed by atoms with E-state index in [4.69, 9.17) is 4.74 Å². The summed E-state index contributed by atoms with van der Waals surface area (Å²) in [5.74, 6) is 1.34. The van der Waals surface area contributed by atoms with Crippen molar-refractivity contribution in [3.8, 4) is 17.1 Å². The predicted molar refractivity (Wildman–Crippen MR) is 100 cm³/mol. The average Bonchev–Trinajstić information content (AvgIpc) is 3.24. The fourth-order valence-corrected chi connectivity index (χ4v) is 3.36. The summed E-state index contributed by atoms with van der Waals surface area (Å²) in [5.41, 5.74) is 2.41. The van der Waals surface area contributed by atoms with Gasteiger partial charge in [0, 0.05) is 31.5 Å². The average molecular weight is 363 g/mol. The van der Waals surface area contributed by atoms with Gasteiger partial charge in [-0.25, -0.2) is 0 Å². The number of para-hydroxylation sites is 1. The molecule has 1 aliphatic heterocycles. The zero-order valence-corrected chi connectivity index (χ0v) is 15.1. The van der Waals surface area contributed by atoms with Crippen molar-refractivity contribution in [2.75, 3.05) is 13.1 Å². The number of likely N-dealkylation sites (tertiary alicyclic amines) is 1. The summed E-state index contributed by atoms with van der Waals surface area (Å²) in [6.07, 6.45) is 1.75. The highest BCUT2D eigenvalue weighted by Gasteiger charge is 2.27. The van der Waals surface area contributed by atoms with E-state index in [0.717, 1.165) is 24.2 Å². The quantitative estimate of drug-likeness (QED) is 0.770. The Kier molecular flexibility index (Phi) is 4.82. The summed E-state index contributed by atoms with van der Waals surface area (Å²) in [5, 5.41) is 14.0. The van der Waals surface area contributed by atoms with E-state index in [2.05, 4.69) is 20.6 Å². The largest absolute Gasteiger partial charge is 0.490 e. The maximum Gasteiger partial charge on any atom is 0.254 e. The van der Waals surface area contributed by atoms with Crippen LogP contribution in [0.25, 0.3) is 11.4 Å². The van der Waals surface area contributed by atoms with Crippen LogP contribution in [-0.4, -0.2) is 50.6 Å². The zero-order chi connectivity index (χ0) is 18.6. The highest BCUT2D eigenvalue weighted by Crippen LogP contribution is 2.25. The number of piperidine rings is 1. The van der Waals surface area contributed by atoms with E-state index >= 15 is 0 Å². The van der Waals surface area contributed by atoms with Crippen LogP contribution in [0.2, 0.25) is 0 Å². The van der Waals surface area contributed by atoms with Gasteiger partial charge in [-0.15, -0.1) is 10.2 Å². The summed E-state index contributed by atoms with van der Waals surface area (Å²) in [7, 11) is 0. The number of nitrogens with zero attached hydrogens (tertiary/aromatic N) is 4. The number of amides is 1. The molecular weight excluding hydrogens is 342 g/mol. The molecule has 3 aromatic rings. The lowest BCUT2D eigenvalue weighted by Crippen LogP contribution is -2.42. The number of aryl methyl sites for hydroxylation is 1. The second-order valence-electron chi connectivity index (χ2n) is 6.66. The van der Waals surface area contributed by atoms with Crippen LogP contribution in [0.1, 0.15) is 28.8 Å². The molecule has 1 aromatic heterocycles. The summed E-state index contributed by atoms with van der Waals surface area (Å²) < 4.78 is 6.13. The van der Waals surface area contributed by atoms with Gasteiger partial charge in [0.2, 0.25) is 5.82 Å². The lowest BCUT2D eigenvalue weighted by atomic mass is 10.0. The molecule has 138 valence electrons. The maximum absolute atomic E-state index is 13.0. The molecule has 1 amide bonds. The van der Waals surface area contributed by atoms with Crippen LogP contribution in [0.4, 0.5) is 0 Å². The highest BCUT2D eigenvalue weighted by atomic mass is 16.5. The van der Waals surface area contributed by atoms with Crippen molar-refractivity contribution in [1.29, 1.82) is 0 Å². The van der Waals surface area contributed by atoms with Crippen molar-refractivity contribution in [1.82, 2.24) is 25.5 Å². The minimum atomic E-state index is -0.00950. The van der Waals surface area contributed by atoms with Gasteiger partial charge < -0.3 is 9.64 Å². The molecule has 0 atom stereocenters. The SMILES string of the molecule is Cc1ccccc1OC1CCN(C(=O)c2ccccc2-c2nn[nH]n2)CC1. The van der Waals surface area contributed by atoms with Crippen molar-refractivity contribution >= 4 is 5.91 Å². The van der Waals surface area contributed by atoms with Gasteiger partial charge in [0.15, 0.2) is 0 Å². The number of carbonyl (C=O) groups is 1. The van der Waals surface area contributed by atoms with E-state index in [1.165, 1.54) is 0 Å². The van der Waals surface area contributed by atoms with Gasteiger partial charge in [0.05, 0.1) is 5.56 Å². The number of carbonyl (C=O) groups excluding carboxylic acids is 1. The third kappa shape index (κ3) is 3.67. The third-order valence-electron chi connectivity index (χ3n) is 4.86. The van der Waals surface area contributed by atoms with Crippen LogP contribution in [0.5, 0.6) is 5.75 Å². The molecule has 0 unspecified atom stereocenters. The summed E-state index contributed by atoms with van der Waals surface area (Å²) in [6, 6.07) is 15.4. The van der Waals surface area contributed by atoms with Gasteiger partial charge in [-0.3, -0.25) is 4.79 Å². The Morgan fingerprint density at radius 3 is 2.59 bits per heavy atom. The Morgan fingerprint density at radius 2 is 1.85 bits per heavy atom. The Bertz CT molecular complexity index is 918. The summed E-state index contributed by atoms with van der Waals surface area (Å²) >= 11 is 0. The Morgan fingerprint density at radius 1 is 1.11 bits per heavy atom. The number of ether oxygens (including phenoxy) is 1. The zero-order valence-electron chi connectivity index (χ0n) is 15.1. The van der Waals surface area contributed by atoms with Gasteiger partial charge in [-0.1, -0.05) is 36.4 Å². The number of hydrogen-bond donors (Lipinski definition) is 1. The minimum Gasteiger partial charge on any atom is -0.490 e. The first-order valence-electron chi connectivity index (χ1n) is 9.07. The number of rotatable bonds is 4. The van der Waals surface area contributed by atoms with Crippen molar-refractivity contribution in [3.63, 3.8) is 0 Å². The van der Waals surface area contributed by atoms with Gasteiger partial charge in [0.1, 0.15) is 11.9 Å². The molecule has 0 bridgehead atoms. The first-order valence-corrected chi connectivity index (χ1v) is 9.07. The van der Waals surface area contributed by atoms with Gasteiger partial charge in [0.25, 0.3) is 5.91 Å². The van der Waals surface area contributed by atoms with Crippen molar-refractivity contribution < 1.29 is 9.53 Å². The molecule has 1 aliphatic rings. The third-order valence-corrected chi connectivity index (χ3v) is 4.86. The second kappa shape index (κ2) is 7.57. The van der Waals surface area contributed by atoms with E-state index in [-0.39, 0.29) is 12.0 Å². The molecule has 4 rings (SSSR count). The number of H-pyrrole nitrogens is 1. The van der Waals surface area contributed by atoms with Gasteiger partial charge >= 0.3 is 0 Å². The molecule has 7 heteroatoms. The monoisotopic (exact) mass is 363 g/mol. The van der Waals surface area contributed by atoms with Crippen LogP contribution < -0.4 is 4.74 Å². The molecule has 0 spiro atoms. The van der Waals surface area contributed by atoms with E-state index < -0.39 is 0 Å². The van der Waals surface area contributed by atoms with Gasteiger partial charge in [-0.05, 0) is 29.8 Å². The summed E-state index contributed by atoms with van der Waals surface area (Å²) in [6.45, 7) is 3.37. The highest BCUT2D eigenvalue weighted by molar-refractivity contribution is 6.00. The van der Waals surface area contributed by atoms with E-state index in [1.54, 1.807) is 0 Å². The van der Waals surface area contributed by atoms with Crippen LogP contribution in [0, 0.1) is 6.92 Å². The second-order valence-corrected chi connectivity index (χ2v) is 6.66. The Balaban J connectivity index is 1.43. The number of benzene rings is 2. The number of hydrogen-bond acceptors (Lipinski definition) is 5. The minimum absolute atomic E-state index is 0.00950. The predicted octanol–water partition coefficient (Wildman–Crippen LogP) is 2.86. The van der Waals surface area contributed by atoms with Gasteiger partial charge in [-0.2, -0.15) is 5.21 Å². The maximum atomic E-state index is 13.0. The molecule has 1 fully saturated rings. The molecule has 27 heavy (non-hydrogen) atoms. The topological polar surface area (TPSA) is 84.0 Å². The lowest BCUT2D eigenvalue weighted by molar-refractivity contribution is 0.0595. The molecule has 0 saturated carbocycles. The Labute approximate surface area is 157 Å². The van der Waals surface area contributed by atoms with Crippen LogP contribution in [-0.2, 0) is 0 Å². The fourth-order valence-electron chi connectivity index (χ4n) is 3.36. The van der Waals surface area contributed by atoms with E-state index in [0.29, 0.717) is 30.0 Å². The molecule has 1 saturated heterocycles. The van der Waals surface area contributed by atoms with Crippen LogP contribution in [0.15, 0.2) is 48.5 Å². The summed E-state index contributed by atoms with van der Waals surface area (Å²) in [4.78, 5) is 14.9. The first kappa shape index (κ1) is 17.2. The number of nitrogens with one attached hydrogen (secondary N) is 1. The van der Waals surface area contributed by atoms with E-state index in [9.17, 15) is 4.79 Å².